The van der Waals surface area contributed by atoms with E-state index in [2.05, 4.69) is 4.98 Å². The Morgan fingerprint density at radius 3 is 2.64 bits per heavy atom. The molecule has 2 aliphatic rings. The van der Waals surface area contributed by atoms with Crippen molar-refractivity contribution in [2.45, 2.75) is 31.8 Å². The predicted molar refractivity (Wildman–Crippen MR) is 84.6 cm³/mol. The smallest absolute Gasteiger partial charge is 0.273 e. The van der Waals surface area contributed by atoms with Crippen LogP contribution in [0.15, 0.2) is 36.5 Å². The van der Waals surface area contributed by atoms with Gasteiger partial charge in [-0.2, -0.15) is 0 Å². The maximum Gasteiger partial charge on any atom is 0.273 e. The van der Waals surface area contributed by atoms with E-state index >= 15 is 0 Å². The number of nitrogens with zero attached hydrogens (tertiary/aromatic N) is 2. The van der Waals surface area contributed by atoms with Crippen LogP contribution in [0.25, 0.3) is 10.8 Å². The minimum absolute atomic E-state index is 0.0143. The lowest BCUT2D eigenvalue weighted by Gasteiger charge is -2.51. The summed E-state index contributed by atoms with van der Waals surface area (Å²) < 4.78 is 0. The second-order valence-electron chi connectivity index (χ2n) is 6.59. The summed E-state index contributed by atoms with van der Waals surface area (Å²) in [6.07, 6.45) is 5.37. The van der Waals surface area contributed by atoms with Crippen LogP contribution in [0.4, 0.5) is 0 Å². The van der Waals surface area contributed by atoms with Gasteiger partial charge in [0.25, 0.3) is 5.91 Å². The number of fused-ring (bicyclic) bond motifs is 1. The molecule has 1 saturated carbocycles. The van der Waals surface area contributed by atoms with Gasteiger partial charge in [0, 0.05) is 24.7 Å². The maximum absolute atomic E-state index is 12.8. The lowest BCUT2D eigenvalue weighted by atomic mass is 9.61. The van der Waals surface area contributed by atoms with E-state index < -0.39 is 0 Å². The number of carbonyl (C=O) groups excluding carboxylic acids is 1. The number of rotatable bonds is 1. The summed E-state index contributed by atoms with van der Waals surface area (Å²) in [5.74, 6) is 0.0143. The second kappa shape index (κ2) is 5.06. The van der Waals surface area contributed by atoms with Crippen molar-refractivity contribution < 1.29 is 9.90 Å². The topological polar surface area (TPSA) is 53.4 Å². The van der Waals surface area contributed by atoms with Crippen molar-refractivity contribution in [1.82, 2.24) is 9.88 Å². The number of benzene rings is 1. The minimum Gasteiger partial charge on any atom is -0.393 e. The molecule has 1 aliphatic heterocycles. The van der Waals surface area contributed by atoms with Crippen LogP contribution in [0.3, 0.4) is 0 Å². The van der Waals surface area contributed by atoms with Gasteiger partial charge in [0.1, 0.15) is 5.69 Å². The summed E-state index contributed by atoms with van der Waals surface area (Å²) in [6.45, 7) is 1.45. The van der Waals surface area contributed by atoms with Crippen LogP contribution < -0.4 is 0 Å². The lowest BCUT2D eigenvalue weighted by Crippen LogP contribution is -2.53. The largest absolute Gasteiger partial charge is 0.393 e. The molecular formula is C18H20N2O2. The summed E-state index contributed by atoms with van der Waals surface area (Å²) >= 11 is 0. The van der Waals surface area contributed by atoms with E-state index in [9.17, 15) is 9.90 Å². The minimum atomic E-state index is -0.166. The highest BCUT2D eigenvalue weighted by Crippen LogP contribution is 2.49. The number of likely N-dealkylation sites (tertiary alicyclic amines) is 1. The summed E-state index contributed by atoms with van der Waals surface area (Å²) in [5.41, 5.74) is 0.631. The number of pyridine rings is 1. The van der Waals surface area contributed by atoms with Gasteiger partial charge in [-0.3, -0.25) is 9.78 Å². The van der Waals surface area contributed by atoms with Gasteiger partial charge in [-0.1, -0.05) is 24.3 Å². The van der Waals surface area contributed by atoms with E-state index in [0.717, 1.165) is 49.5 Å². The standard InChI is InChI=1S/C18H20N2O2/c21-15-5-7-18(15)8-11-20(12-9-18)17(22)16-14-4-2-1-3-13(14)6-10-19-16/h1-4,6,10,15,21H,5,7-9,11-12H2. The van der Waals surface area contributed by atoms with Gasteiger partial charge in [0.15, 0.2) is 0 Å². The van der Waals surface area contributed by atoms with Crippen molar-refractivity contribution in [3.8, 4) is 0 Å². The van der Waals surface area contributed by atoms with Crippen LogP contribution in [0.5, 0.6) is 0 Å². The summed E-state index contributed by atoms with van der Waals surface area (Å²) in [5, 5.41) is 12.0. The first kappa shape index (κ1) is 13.7. The fourth-order valence-electron chi connectivity index (χ4n) is 3.86. The first-order valence-corrected chi connectivity index (χ1v) is 8.01. The quantitative estimate of drug-likeness (QED) is 0.880. The van der Waals surface area contributed by atoms with Crippen molar-refractivity contribution in [3.05, 3.63) is 42.2 Å². The molecule has 1 aromatic heterocycles. The van der Waals surface area contributed by atoms with Gasteiger partial charge >= 0.3 is 0 Å². The molecule has 1 aliphatic carbocycles. The molecule has 2 aromatic rings. The average Bonchev–Trinajstić information content (AvgIpc) is 2.59. The zero-order chi connectivity index (χ0) is 15.2. The molecule has 4 nitrogen and oxygen atoms in total. The number of carbonyl (C=O) groups is 1. The number of aliphatic hydroxyl groups is 1. The molecule has 1 amide bonds. The summed E-state index contributed by atoms with van der Waals surface area (Å²) in [6, 6.07) is 9.80. The van der Waals surface area contributed by atoms with Crippen LogP contribution in [0.1, 0.15) is 36.2 Å². The van der Waals surface area contributed by atoms with Crippen LogP contribution in [0, 0.1) is 5.41 Å². The zero-order valence-corrected chi connectivity index (χ0v) is 12.5. The van der Waals surface area contributed by atoms with Gasteiger partial charge in [0.05, 0.1) is 6.10 Å². The van der Waals surface area contributed by atoms with Crippen molar-refractivity contribution in [2.75, 3.05) is 13.1 Å². The highest BCUT2D eigenvalue weighted by Gasteiger charge is 2.47. The molecule has 1 N–H and O–H groups in total. The number of amides is 1. The van der Waals surface area contributed by atoms with Gasteiger partial charge in [0.2, 0.25) is 0 Å². The first-order valence-electron chi connectivity index (χ1n) is 8.01. The Hall–Kier alpha value is -1.94. The molecule has 1 aromatic carbocycles. The average molecular weight is 296 g/mol. The Bertz CT molecular complexity index is 715. The second-order valence-corrected chi connectivity index (χ2v) is 6.59. The van der Waals surface area contributed by atoms with Crippen LogP contribution in [-0.4, -0.2) is 40.1 Å². The van der Waals surface area contributed by atoms with Gasteiger partial charge in [-0.05, 0) is 42.6 Å². The normalized spacial score (nSPS) is 23.5. The van der Waals surface area contributed by atoms with E-state index in [1.165, 1.54) is 0 Å². The van der Waals surface area contributed by atoms with E-state index in [-0.39, 0.29) is 17.4 Å². The lowest BCUT2D eigenvalue weighted by molar-refractivity contribution is -0.0952. The monoisotopic (exact) mass is 296 g/mol. The first-order chi connectivity index (χ1) is 10.7. The molecule has 0 radical (unpaired) electrons. The van der Waals surface area contributed by atoms with Crippen molar-refractivity contribution in [3.63, 3.8) is 0 Å². The fraction of sp³-hybridized carbons (Fsp3) is 0.444. The zero-order valence-electron chi connectivity index (χ0n) is 12.5. The molecule has 1 spiro atoms. The molecule has 4 rings (SSSR count). The number of aromatic nitrogens is 1. The number of hydrogen-bond acceptors (Lipinski definition) is 3. The summed E-state index contributed by atoms with van der Waals surface area (Å²) in [4.78, 5) is 19.0. The molecule has 0 bridgehead atoms. The molecular weight excluding hydrogens is 276 g/mol. The number of piperidine rings is 1. The predicted octanol–water partition coefficient (Wildman–Crippen LogP) is 2.61. The van der Waals surface area contributed by atoms with Crippen molar-refractivity contribution in [2.24, 2.45) is 5.41 Å². The Balaban J connectivity index is 1.57. The molecule has 2 heterocycles. The van der Waals surface area contributed by atoms with Gasteiger partial charge < -0.3 is 10.0 Å². The highest BCUT2D eigenvalue weighted by atomic mass is 16.3. The Morgan fingerprint density at radius 2 is 1.95 bits per heavy atom. The Morgan fingerprint density at radius 1 is 1.18 bits per heavy atom. The third-order valence-electron chi connectivity index (χ3n) is 5.55. The van der Waals surface area contributed by atoms with E-state index in [4.69, 9.17) is 0 Å². The van der Waals surface area contributed by atoms with Crippen LogP contribution >= 0.6 is 0 Å². The molecule has 2 fully saturated rings. The van der Waals surface area contributed by atoms with Crippen LogP contribution in [0.2, 0.25) is 0 Å². The molecule has 114 valence electrons. The fourth-order valence-corrected chi connectivity index (χ4v) is 3.86. The molecule has 1 saturated heterocycles. The number of hydrogen-bond donors (Lipinski definition) is 1. The maximum atomic E-state index is 12.8. The van der Waals surface area contributed by atoms with Gasteiger partial charge in [-0.15, -0.1) is 0 Å². The van der Waals surface area contributed by atoms with Crippen LogP contribution in [-0.2, 0) is 0 Å². The molecule has 1 atom stereocenters. The van der Waals surface area contributed by atoms with Gasteiger partial charge in [-0.25, -0.2) is 0 Å². The summed E-state index contributed by atoms with van der Waals surface area (Å²) in [7, 11) is 0. The van der Waals surface area contributed by atoms with E-state index in [1.54, 1.807) is 6.20 Å². The third kappa shape index (κ3) is 2.02. The highest BCUT2D eigenvalue weighted by molar-refractivity contribution is 6.05. The third-order valence-corrected chi connectivity index (χ3v) is 5.55. The molecule has 1 unspecified atom stereocenters. The van der Waals surface area contributed by atoms with Crippen molar-refractivity contribution in [1.29, 1.82) is 0 Å². The van der Waals surface area contributed by atoms with Crippen molar-refractivity contribution >= 4 is 16.7 Å². The molecule has 22 heavy (non-hydrogen) atoms. The molecule has 4 heteroatoms. The SMILES string of the molecule is O=C(c1nccc2ccccc12)N1CCC2(CCC2O)CC1. The number of aliphatic hydroxyl groups excluding tert-OH is 1. The Labute approximate surface area is 129 Å². The van der Waals surface area contributed by atoms with E-state index in [1.807, 2.05) is 35.2 Å². The van der Waals surface area contributed by atoms with E-state index in [0.29, 0.717) is 5.69 Å². The Kier molecular flexibility index (Phi) is 3.15.